The summed E-state index contributed by atoms with van der Waals surface area (Å²) >= 11 is 0. The van der Waals surface area contributed by atoms with Gasteiger partial charge >= 0.3 is 0 Å². The summed E-state index contributed by atoms with van der Waals surface area (Å²) in [6.07, 6.45) is 3.61. The lowest BCUT2D eigenvalue weighted by Crippen LogP contribution is -2.51. The topological polar surface area (TPSA) is 35.6 Å². The Hall–Kier alpha value is -1.55. The van der Waals surface area contributed by atoms with E-state index in [1.165, 1.54) is 24.1 Å². The Morgan fingerprint density at radius 2 is 1.95 bits per heavy atom. The van der Waals surface area contributed by atoms with E-state index >= 15 is 0 Å². The van der Waals surface area contributed by atoms with Crippen molar-refractivity contribution < 1.29 is 4.79 Å². The highest BCUT2D eigenvalue weighted by Gasteiger charge is 2.20. The Balaban J connectivity index is 1.71. The fraction of sp³-hybridized carbons (Fsp3) is 0.611. The Labute approximate surface area is 134 Å². The monoisotopic (exact) mass is 303 g/mol. The van der Waals surface area contributed by atoms with Gasteiger partial charge in [0.15, 0.2) is 0 Å². The molecule has 0 aliphatic carbocycles. The number of piperazine rings is 1. The fourth-order valence-corrected chi connectivity index (χ4v) is 2.85. The van der Waals surface area contributed by atoms with E-state index < -0.39 is 0 Å². The molecule has 1 amide bonds. The van der Waals surface area contributed by atoms with Crippen LogP contribution in [0.4, 0.5) is 5.69 Å². The van der Waals surface area contributed by atoms with Crippen molar-refractivity contribution in [3.63, 3.8) is 0 Å². The first-order valence-corrected chi connectivity index (χ1v) is 8.51. The summed E-state index contributed by atoms with van der Waals surface area (Å²) in [4.78, 5) is 16.5. The first-order valence-electron chi connectivity index (χ1n) is 8.51. The van der Waals surface area contributed by atoms with Gasteiger partial charge in [-0.2, -0.15) is 0 Å². The van der Waals surface area contributed by atoms with E-state index in [9.17, 15) is 4.79 Å². The summed E-state index contributed by atoms with van der Waals surface area (Å²) in [6, 6.07) is 8.59. The maximum absolute atomic E-state index is 12.2. The molecule has 0 spiro atoms. The van der Waals surface area contributed by atoms with Gasteiger partial charge < -0.3 is 15.1 Å². The first-order chi connectivity index (χ1) is 10.7. The van der Waals surface area contributed by atoms with E-state index in [1.54, 1.807) is 0 Å². The van der Waals surface area contributed by atoms with Crippen LogP contribution < -0.4 is 10.2 Å². The van der Waals surface area contributed by atoms with Gasteiger partial charge in [-0.3, -0.25) is 4.79 Å². The second kappa shape index (κ2) is 8.79. The number of amides is 1. The van der Waals surface area contributed by atoms with Crippen LogP contribution in [-0.2, 0) is 4.79 Å². The third-order valence-corrected chi connectivity index (χ3v) is 4.23. The van der Waals surface area contributed by atoms with Gasteiger partial charge in [0, 0.05) is 31.9 Å². The van der Waals surface area contributed by atoms with Crippen LogP contribution in [0.3, 0.4) is 0 Å². The highest BCUT2D eigenvalue weighted by molar-refractivity contribution is 5.78. The average molecular weight is 303 g/mol. The highest BCUT2D eigenvalue weighted by Crippen LogP contribution is 2.17. The molecule has 4 heteroatoms. The van der Waals surface area contributed by atoms with Crippen molar-refractivity contribution in [1.82, 2.24) is 10.2 Å². The summed E-state index contributed by atoms with van der Waals surface area (Å²) in [5.74, 6) is 0.236. The van der Waals surface area contributed by atoms with Crippen molar-refractivity contribution in [3.8, 4) is 0 Å². The number of carbonyl (C=O) groups is 1. The van der Waals surface area contributed by atoms with E-state index in [4.69, 9.17) is 0 Å². The zero-order valence-corrected chi connectivity index (χ0v) is 14.0. The number of hydrogen-bond donors (Lipinski definition) is 1. The van der Waals surface area contributed by atoms with Crippen molar-refractivity contribution in [1.29, 1.82) is 0 Å². The smallest absolute Gasteiger partial charge is 0.236 e. The summed E-state index contributed by atoms with van der Waals surface area (Å²) < 4.78 is 0. The second-order valence-corrected chi connectivity index (χ2v) is 6.09. The van der Waals surface area contributed by atoms with Gasteiger partial charge in [0.05, 0.1) is 6.54 Å². The zero-order valence-electron chi connectivity index (χ0n) is 14.0. The molecule has 0 atom stereocenters. The van der Waals surface area contributed by atoms with Gasteiger partial charge in [-0.25, -0.2) is 0 Å². The molecule has 4 nitrogen and oxygen atoms in total. The van der Waals surface area contributed by atoms with Crippen molar-refractivity contribution in [2.75, 3.05) is 44.2 Å². The van der Waals surface area contributed by atoms with Crippen LogP contribution in [0.2, 0.25) is 0 Å². The third-order valence-electron chi connectivity index (χ3n) is 4.23. The maximum atomic E-state index is 12.2. The Bertz CT molecular complexity index is 467. The number of anilines is 1. The zero-order chi connectivity index (χ0) is 15.8. The lowest BCUT2D eigenvalue weighted by molar-refractivity contribution is -0.130. The number of carbonyl (C=O) groups excluding carboxylic acids is 1. The molecule has 1 heterocycles. The molecule has 1 aromatic carbocycles. The number of benzene rings is 1. The van der Waals surface area contributed by atoms with E-state index in [1.807, 2.05) is 4.90 Å². The molecule has 0 bridgehead atoms. The molecule has 1 aliphatic rings. The predicted molar refractivity (Wildman–Crippen MR) is 92.4 cm³/mol. The minimum Gasteiger partial charge on any atom is -0.368 e. The number of hydrogen-bond acceptors (Lipinski definition) is 3. The van der Waals surface area contributed by atoms with Crippen LogP contribution in [0.25, 0.3) is 0 Å². The van der Waals surface area contributed by atoms with Gasteiger partial charge in [0.25, 0.3) is 0 Å². The van der Waals surface area contributed by atoms with Crippen LogP contribution >= 0.6 is 0 Å². The first kappa shape index (κ1) is 16.8. The molecule has 22 heavy (non-hydrogen) atoms. The molecule has 2 rings (SSSR count). The van der Waals surface area contributed by atoms with E-state index in [0.717, 1.165) is 39.1 Å². The predicted octanol–water partition coefficient (Wildman–Crippen LogP) is 2.42. The Kier molecular flexibility index (Phi) is 6.72. The molecule has 0 radical (unpaired) electrons. The molecule has 1 aliphatic heterocycles. The van der Waals surface area contributed by atoms with Gasteiger partial charge in [-0.15, -0.1) is 0 Å². The normalized spacial score (nSPS) is 15.2. The minimum atomic E-state index is 0.236. The second-order valence-electron chi connectivity index (χ2n) is 6.09. The average Bonchev–Trinajstić information content (AvgIpc) is 2.54. The van der Waals surface area contributed by atoms with Crippen LogP contribution in [0, 0.1) is 6.92 Å². The SMILES string of the molecule is CCCCCNCC(=O)N1CCN(c2cccc(C)c2)CC1. The molecule has 0 aromatic heterocycles. The van der Waals surface area contributed by atoms with Crippen LogP contribution in [0.1, 0.15) is 31.7 Å². The molecule has 1 fully saturated rings. The molecule has 1 saturated heterocycles. The van der Waals surface area contributed by atoms with Crippen molar-refractivity contribution in [2.24, 2.45) is 0 Å². The number of nitrogens with one attached hydrogen (secondary N) is 1. The Morgan fingerprint density at radius 1 is 1.18 bits per heavy atom. The summed E-state index contributed by atoms with van der Waals surface area (Å²) in [6.45, 7) is 9.23. The molecule has 0 unspecified atom stereocenters. The van der Waals surface area contributed by atoms with E-state index in [-0.39, 0.29) is 5.91 Å². The van der Waals surface area contributed by atoms with Crippen LogP contribution in [0.5, 0.6) is 0 Å². The van der Waals surface area contributed by atoms with E-state index in [0.29, 0.717) is 6.54 Å². The molecule has 1 aromatic rings. The van der Waals surface area contributed by atoms with E-state index in [2.05, 4.69) is 48.3 Å². The van der Waals surface area contributed by atoms with Gasteiger partial charge in [-0.05, 0) is 37.6 Å². The minimum absolute atomic E-state index is 0.236. The lowest BCUT2D eigenvalue weighted by atomic mass is 10.2. The van der Waals surface area contributed by atoms with Crippen LogP contribution in [-0.4, -0.2) is 50.1 Å². The van der Waals surface area contributed by atoms with Gasteiger partial charge in [0.2, 0.25) is 5.91 Å². The van der Waals surface area contributed by atoms with Crippen LogP contribution in [0.15, 0.2) is 24.3 Å². The summed E-state index contributed by atoms with van der Waals surface area (Å²) in [5.41, 5.74) is 2.55. The number of rotatable bonds is 7. The van der Waals surface area contributed by atoms with Gasteiger partial charge in [-0.1, -0.05) is 31.9 Å². The summed E-state index contributed by atoms with van der Waals surface area (Å²) in [7, 11) is 0. The largest absolute Gasteiger partial charge is 0.368 e. The molecular weight excluding hydrogens is 274 g/mol. The highest BCUT2D eigenvalue weighted by atomic mass is 16.2. The molecular formula is C18H29N3O. The quantitative estimate of drug-likeness (QED) is 0.786. The third kappa shape index (κ3) is 5.02. The fourth-order valence-electron chi connectivity index (χ4n) is 2.85. The Morgan fingerprint density at radius 3 is 2.64 bits per heavy atom. The lowest BCUT2D eigenvalue weighted by Gasteiger charge is -2.36. The van der Waals surface area contributed by atoms with Crippen molar-refractivity contribution in [3.05, 3.63) is 29.8 Å². The molecule has 122 valence electrons. The number of nitrogens with zero attached hydrogens (tertiary/aromatic N) is 2. The summed E-state index contributed by atoms with van der Waals surface area (Å²) in [5, 5.41) is 3.26. The van der Waals surface area contributed by atoms with Crippen molar-refractivity contribution in [2.45, 2.75) is 33.1 Å². The van der Waals surface area contributed by atoms with Crippen molar-refractivity contribution >= 4 is 11.6 Å². The standard InChI is InChI=1S/C18H29N3O/c1-3-4-5-9-19-15-18(22)21-12-10-20(11-13-21)17-8-6-7-16(2)14-17/h6-8,14,19H,3-5,9-13,15H2,1-2H3. The number of aryl methyl sites for hydroxylation is 1. The molecule has 1 N–H and O–H groups in total. The van der Waals surface area contributed by atoms with Gasteiger partial charge in [0.1, 0.15) is 0 Å². The molecule has 0 saturated carbocycles. The number of unbranched alkanes of at least 4 members (excludes halogenated alkanes) is 2. The maximum Gasteiger partial charge on any atom is 0.236 e.